The number of hydrogen-bond donors (Lipinski definition) is 1. The highest BCUT2D eigenvalue weighted by atomic mass is 16.1. The van der Waals surface area contributed by atoms with Crippen LogP contribution in [-0.4, -0.2) is 20.7 Å². The number of carbonyl (C=O) groups is 1. The van der Waals surface area contributed by atoms with Gasteiger partial charge in [-0.05, 0) is 44.0 Å². The van der Waals surface area contributed by atoms with Gasteiger partial charge in [-0.3, -0.25) is 4.79 Å². The standard InChI is InChI=1S/C21H22N4O/c1-6-15-8-7-9-16(10-15)23-21(26)17-11-19(13(2)3)24-20-18(17)12-22-25(20)14(4)5/h1,7-14H,2-5H3,(H,23,26). The Balaban J connectivity index is 2.08. The van der Waals surface area contributed by atoms with Gasteiger partial charge in [0, 0.05) is 23.0 Å². The third-order valence-corrected chi connectivity index (χ3v) is 4.20. The Kier molecular flexibility index (Phi) is 4.77. The molecule has 5 nitrogen and oxygen atoms in total. The van der Waals surface area contributed by atoms with Crippen LogP contribution in [-0.2, 0) is 0 Å². The fourth-order valence-electron chi connectivity index (χ4n) is 2.78. The molecule has 0 aliphatic rings. The number of amides is 1. The number of fused-ring (bicyclic) bond motifs is 1. The second kappa shape index (κ2) is 7.01. The van der Waals surface area contributed by atoms with E-state index < -0.39 is 0 Å². The van der Waals surface area contributed by atoms with Gasteiger partial charge in [-0.25, -0.2) is 9.67 Å². The molecule has 0 radical (unpaired) electrons. The maximum Gasteiger partial charge on any atom is 0.256 e. The van der Waals surface area contributed by atoms with Crippen molar-refractivity contribution in [3.05, 3.63) is 53.3 Å². The number of nitrogens with one attached hydrogen (secondary N) is 1. The Morgan fingerprint density at radius 1 is 1.23 bits per heavy atom. The molecule has 1 aromatic carbocycles. The first-order valence-corrected chi connectivity index (χ1v) is 8.67. The average molecular weight is 346 g/mol. The molecule has 0 saturated heterocycles. The highest BCUT2D eigenvalue weighted by molar-refractivity contribution is 6.12. The highest BCUT2D eigenvalue weighted by Crippen LogP contribution is 2.25. The molecule has 0 unspecified atom stereocenters. The van der Waals surface area contributed by atoms with E-state index in [1.54, 1.807) is 12.3 Å². The summed E-state index contributed by atoms with van der Waals surface area (Å²) in [7, 11) is 0. The molecule has 2 heterocycles. The van der Waals surface area contributed by atoms with Crippen molar-refractivity contribution < 1.29 is 4.79 Å². The van der Waals surface area contributed by atoms with Crippen LogP contribution >= 0.6 is 0 Å². The van der Waals surface area contributed by atoms with E-state index in [0.717, 1.165) is 22.3 Å². The Morgan fingerprint density at radius 3 is 2.65 bits per heavy atom. The van der Waals surface area contributed by atoms with E-state index in [-0.39, 0.29) is 17.9 Å². The normalized spacial score (nSPS) is 11.1. The lowest BCUT2D eigenvalue weighted by molar-refractivity contribution is 0.102. The van der Waals surface area contributed by atoms with Crippen molar-refractivity contribution in [2.24, 2.45) is 0 Å². The molecule has 2 aromatic heterocycles. The molecule has 5 heteroatoms. The number of pyridine rings is 1. The van der Waals surface area contributed by atoms with Crippen molar-refractivity contribution in [1.29, 1.82) is 0 Å². The quantitative estimate of drug-likeness (QED) is 0.714. The van der Waals surface area contributed by atoms with Crippen LogP contribution in [0.25, 0.3) is 11.0 Å². The number of anilines is 1. The minimum Gasteiger partial charge on any atom is -0.322 e. The third kappa shape index (κ3) is 3.31. The number of carbonyl (C=O) groups excluding carboxylic acids is 1. The molecule has 0 atom stereocenters. The minimum atomic E-state index is -0.197. The lowest BCUT2D eigenvalue weighted by atomic mass is 10.0. The van der Waals surface area contributed by atoms with Crippen LogP contribution in [0.4, 0.5) is 5.69 Å². The monoisotopic (exact) mass is 346 g/mol. The van der Waals surface area contributed by atoms with Gasteiger partial charge in [-0.15, -0.1) is 6.42 Å². The molecule has 0 aliphatic heterocycles. The molecule has 0 saturated carbocycles. The summed E-state index contributed by atoms with van der Waals surface area (Å²) in [4.78, 5) is 17.7. The van der Waals surface area contributed by atoms with Crippen LogP contribution in [0.5, 0.6) is 0 Å². The van der Waals surface area contributed by atoms with Gasteiger partial charge in [-0.1, -0.05) is 25.8 Å². The van der Waals surface area contributed by atoms with E-state index in [0.29, 0.717) is 11.3 Å². The smallest absolute Gasteiger partial charge is 0.256 e. The first kappa shape index (κ1) is 17.7. The fourth-order valence-corrected chi connectivity index (χ4v) is 2.78. The van der Waals surface area contributed by atoms with Crippen LogP contribution in [0.3, 0.4) is 0 Å². The van der Waals surface area contributed by atoms with Crippen LogP contribution < -0.4 is 5.32 Å². The highest BCUT2D eigenvalue weighted by Gasteiger charge is 2.19. The summed E-state index contributed by atoms with van der Waals surface area (Å²) in [5.74, 6) is 2.58. The Morgan fingerprint density at radius 2 is 2.00 bits per heavy atom. The van der Waals surface area contributed by atoms with E-state index in [9.17, 15) is 4.79 Å². The number of hydrogen-bond acceptors (Lipinski definition) is 3. The number of aromatic nitrogens is 3. The summed E-state index contributed by atoms with van der Waals surface area (Å²) >= 11 is 0. The lowest BCUT2D eigenvalue weighted by Crippen LogP contribution is -2.14. The van der Waals surface area contributed by atoms with Gasteiger partial charge in [0.2, 0.25) is 0 Å². The number of nitrogens with zero attached hydrogens (tertiary/aromatic N) is 3. The van der Waals surface area contributed by atoms with Gasteiger partial charge in [0.05, 0.1) is 17.1 Å². The zero-order chi connectivity index (χ0) is 18.8. The van der Waals surface area contributed by atoms with Gasteiger partial charge in [-0.2, -0.15) is 5.10 Å². The van der Waals surface area contributed by atoms with Gasteiger partial charge >= 0.3 is 0 Å². The molecular formula is C21H22N4O. The second-order valence-corrected chi connectivity index (χ2v) is 6.85. The van der Waals surface area contributed by atoms with E-state index >= 15 is 0 Å². The van der Waals surface area contributed by atoms with Gasteiger partial charge in [0.25, 0.3) is 5.91 Å². The predicted octanol–water partition coefficient (Wildman–Crippen LogP) is 4.37. The number of terminal acetylenes is 1. The van der Waals surface area contributed by atoms with Gasteiger partial charge in [0.15, 0.2) is 5.65 Å². The Hall–Kier alpha value is -3.13. The lowest BCUT2D eigenvalue weighted by Gasteiger charge is -2.12. The molecule has 0 fully saturated rings. The Labute approximate surface area is 153 Å². The molecule has 0 bridgehead atoms. The summed E-state index contributed by atoms with van der Waals surface area (Å²) in [6.45, 7) is 8.20. The third-order valence-electron chi connectivity index (χ3n) is 4.20. The number of benzene rings is 1. The Bertz CT molecular complexity index is 1010. The van der Waals surface area contributed by atoms with Crippen LogP contribution in [0.2, 0.25) is 0 Å². The van der Waals surface area contributed by atoms with Crippen LogP contribution in [0, 0.1) is 12.3 Å². The van der Waals surface area contributed by atoms with Gasteiger partial charge < -0.3 is 5.32 Å². The first-order chi connectivity index (χ1) is 12.4. The fraction of sp³-hybridized carbons (Fsp3) is 0.286. The van der Waals surface area contributed by atoms with E-state index in [4.69, 9.17) is 11.4 Å². The topological polar surface area (TPSA) is 59.8 Å². The van der Waals surface area contributed by atoms with Crippen molar-refractivity contribution in [3.63, 3.8) is 0 Å². The summed E-state index contributed by atoms with van der Waals surface area (Å²) in [6.07, 6.45) is 7.14. The van der Waals surface area contributed by atoms with E-state index in [2.05, 4.69) is 30.2 Å². The molecule has 1 N–H and O–H groups in total. The maximum atomic E-state index is 13.0. The van der Waals surface area contributed by atoms with Gasteiger partial charge in [0.1, 0.15) is 0 Å². The summed E-state index contributed by atoms with van der Waals surface area (Å²) < 4.78 is 1.84. The predicted molar refractivity (Wildman–Crippen MR) is 104 cm³/mol. The molecule has 1 amide bonds. The molecule has 0 spiro atoms. The first-order valence-electron chi connectivity index (χ1n) is 8.67. The zero-order valence-electron chi connectivity index (χ0n) is 15.4. The van der Waals surface area contributed by atoms with E-state index in [1.807, 2.05) is 42.8 Å². The van der Waals surface area contributed by atoms with Crippen molar-refractivity contribution in [3.8, 4) is 12.3 Å². The maximum absolute atomic E-state index is 13.0. The van der Waals surface area contributed by atoms with Crippen molar-refractivity contribution in [1.82, 2.24) is 14.8 Å². The minimum absolute atomic E-state index is 0.158. The van der Waals surface area contributed by atoms with E-state index in [1.165, 1.54) is 0 Å². The zero-order valence-corrected chi connectivity index (χ0v) is 15.4. The van der Waals surface area contributed by atoms with Crippen molar-refractivity contribution in [2.75, 3.05) is 5.32 Å². The SMILES string of the molecule is C#Cc1cccc(NC(=O)c2cc(C(C)C)nc3c2cnn3C(C)C)c1. The van der Waals surface area contributed by atoms with Crippen LogP contribution in [0.15, 0.2) is 36.5 Å². The molecule has 3 aromatic rings. The molecular weight excluding hydrogens is 324 g/mol. The molecule has 3 rings (SSSR count). The summed E-state index contributed by atoms with van der Waals surface area (Å²) in [5.41, 5.74) is 3.55. The average Bonchev–Trinajstić information content (AvgIpc) is 3.05. The summed E-state index contributed by atoms with van der Waals surface area (Å²) in [5, 5.41) is 8.09. The van der Waals surface area contributed by atoms with Crippen molar-refractivity contribution in [2.45, 2.75) is 39.7 Å². The van der Waals surface area contributed by atoms with Crippen LogP contribution in [0.1, 0.15) is 61.3 Å². The molecule has 26 heavy (non-hydrogen) atoms. The second-order valence-electron chi connectivity index (χ2n) is 6.85. The molecule has 0 aliphatic carbocycles. The number of rotatable bonds is 4. The summed E-state index contributed by atoms with van der Waals surface area (Å²) in [6, 6.07) is 9.24. The van der Waals surface area contributed by atoms with Crippen molar-refractivity contribution >= 4 is 22.6 Å². The molecule has 132 valence electrons. The largest absolute Gasteiger partial charge is 0.322 e.